The fourth-order valence-electron chi connectivity index (χ4n) is 3.30. The van der Waals surface area contributed by atoms with Crippen molar-refractivity contribution < 1.29 is 9.90 Å². The molecule has 116 valence electrons. The van der Waals surface area contributed by atoms with Crippen LogP contribution in [0, 0.1) is 0 Å². The molecule has 2 aliphatic rings. The first-order valence-electron chi connectivity index (χ1n) is 7.42. The molecule has 3 unspecified atom stereocenters. The number of hydrogen-bond acceptors (Lipinski definition) is 5. The number of β-amino-alcohol motifs (C(OH)–C–C–N with tert-alkyl or cyclic N) is 1. The fourth-order valence-corrected chi connectivity index (χ4v) is 3.30. The summed E-state index contributed by atoms with van der Waals surface area (Å²) in [5, 5.41) is 13.2. The third kappa shape index (κ3) is 2.95. The van der Waals surface area contributed by atoms with Gasteiger partial charge in [-0.1, -0.05) is 0 Å². The van der Waals surface area contributed by atoms with Crippen LogP contribution >= 0.6 is 0 Å². The minimum atomic E-state index is -0.413. The summed E-state index contributed by atoms with van der Waals surface area (Å²) in [6.45, 7) is 1.85. The van der Waals surface area contributed by atoms with Gasteiger partial charge in [0.2, 0.25) is 5.91 Å². The maximum absolute atomic E-state index is 12.8. The van der Waals surface area contributed by atoms with Gasteiger partial charge in [-0.25, -0.2) is 4.98 Å². The first-order chi connectivity index (χ1) is 10.0. The van der Waals surface area contributed by atoms with E-state index < -0.39 is 6.10 Å². The molecule has 7 heteroatoms. The highest BCUT2D eigenvalue weighted by atomic mass is 16.3. The molecule has 1 fully saturated rings. The second-order valence-corrected chi connectivity index (χ2v) is 6.26. The lowest BCUT2D eigenvalue weighted by atomic mass is 10.0. The summed E-state index contributed by atoms with van der Waals surface area (Å²) in [6, 6.07) is -0.152. The van der Waals surface area contributed by atoms with Crippen molar-refractivity contribution >= 4 is 5.91 Å². The number of fused-ring (bicyclic) bond motifs is 1. The van der Waals surface area contributed by atoms with Gasteiger partial charge in [-0.05, 0) is 20.5 Å². The maximum Gasteiger partial charge on any atom is 0.240 e. The highest BCUT2D eigenvalue weighted by Gasteiger charge is 2.38. The number of likely N-dealkylation sites (N-methyl/N-ethyl adjacent to an activating group) is 1. The van der Waals surface area contributed by atoms with Gasteiger partial charge < -0.3 is 19.9 Å². The van der Waals surface area contributed by atoms with E-state index in [1.807, 2.05) is 19.0 Å². The van der Waals surface area contributed by atoms with Crippen LogP contribution in [0.2, 0.25) is 0 Å². The van der Waals surface area contributed by atoms with Crippen LogP contribution in [0.25, 0.3) is 0 Å². The van der Waals surface area contributed by atoms with Gasteiger partial charge >= 0.3 is 0 Å². The summed E-state index contributed by atoms with van der Waals surface area (Å²) in [7, 11) is 3.98. The zero-order chi connectivity index (χ0) is 15.0. The van der Waals surface area contributed by atoms with Crippen molar-refractivity contribution in [1.82, 2.24) is 25.1 Å². The summed E-state index contributed by atoms with van der Waals surface area (Å²) >= 11 is 0. The SMILES string of the molecule is CN(C)CC1CC(O)CN1C(=O)C1Cc2nc[nH]c2CN1. The highest BCUT2D eigenvalue weighted by Crippen LogP contribution is 2.22. The van der Waals surface area contributed by atoms with Crippen LogP contribution in [0.1, 0.15) is 17.8 Å². The van der Waals surface area contributed by atoms with Crippen LogP contribution in [0.4, 0.5) is 0 Å². The second kappa shape index (κ2) is 5.75. The average molecular weight is 293 g/mol. The lowest BCUT2D eigenvalue weighted by Crippen LogP contribution is -2.52. The van der Waals surface area contributed by atoms with Gasteiger partial charge in [0.05, 0.1) is 29.9 Å². The Morgan fingerprint density at radius 1 is 1.57 bits per heavy atom. The molecule has 3 N–H and O–H groups in total. The van der Waals surface area contributed by atoms with Gasteiger partial charge in [0.1, 0.15) is 0 Å². The number of hydrogen-bond donors (Lipinski definition) is 3. The summed E-state index contributed by atoms with van der Waals surface area (Å²) in [4.78, 5) is 24.0. The smallest absolute Gasteiger partial charge is 0.240 e. The third-order valence-corrected chi connectivity index (χ3v) is 4.28. The third-order valence-electron chi connectivity index (χ3n) is 4.28. The van der Waals surface area contributed by atoms with Gasteiger partial charge in [-0.3, -0.25) is 10.1 Å². The van der Waals surface area contributed by atoms with E-state index in [1.165, 1.54) is 0 Å². The van der Waals surface area contributed by atoms with Gasteiger partial charge in [0.25, 0.3) is 0 Å². The largest absolute Gasteiger partial charge is 0.391 e. The minimum absolute atomic E-state index is 0.0760. The lowest BCUT2D eigenvalue weighted by molar-refractivity contribution is -0.135. The zero-order valence-corrected chi connectivity index (χ0v) is 12.5. The standard InChI is InChI=1S/C14H23N5O2/c1-18(2)6-9-3-10(20)7-19(9)14(21)12-4-11-13(5-15-12)17-8-16-11/h8-10,12,15,20H,3-7H2,1-2H3,(H,16,17). The number of H-pyrrole nitrogens is 1. The molecule has 0 spiro atoms. The molecular formula is C14H23N5O2. The Hall–Kier alpha value is -1.44. The number of aliphatic hydroxyl groups is 1. The molecule has 2 aliphatic heterocycles. The van der Waals surface area contributed by atoms with Gasteiger partial charge in [-0.2, -0.15) is 0 Å². The van der Waals surface area contributed by atoms with E-state index in [-0.39, 0.29) is 18.0 Å². The van der Waals surface area contributed by atoms with E-state index in [1.54, 1.807) is 6.33 Å². The van der Waals surface area contributed by atoms with Gasteiger partial charge in [0.15, 0.2) is 0 Å². The molecule has 1 aromatic heterocycles. The summed E-state index contributed by atoms with van der Waals surface area (Å²) in [6.07, 6.45) is 2.53. The van der Waals surface area contributed by atoms with E-state index >= 15 is 0 Å². The summed E-state index contributed by atoms with van der Waals surface area (Å²) < 4.78 is 0. The summed E-state index contributed by atoms with van der Waals surface area (Å²) in [5.74, 6) is 0.0760. The Balaban J connectivity index is 1.69. The first kappa shape index (κ1) is 14.5. The number of aromatic amines is 1. The van der Waals surface area contributed by atoms with Crippen LogP contribution < -0.4 is 5.32 Å². The Bertz CT molecular complexity index is 515. The van der Waals surface area contributed by atoms with Crippen molar-refractivity contribution in [1.29, 1.82) is 0 Å². The van der Waals surface area contributed by atoms with Crippen LogP contribution in [0.5, 0.6) is 0 Å². The lowest BCUT2D eigenvalue weighted by Gasteiger charge is -2.31. The van der Waals surface area contributed by atoms with Crippen LogP contribution in [0.15, 0.2) is 6.33 Å². The summed E-state index contributed by atoms with van der Waals surface area (Å²) in [5.41, 5.74) is 2.03. The number of aliphatic hydroxyl groups excluding tert-OH is 1. The molecule has 1 amide bonds. The van der Waals surface area contributed by atoms with Crippen molar-refractivity contribution in [3.63, 3.8) is 0 Å². The Morgan fingerprint density at radius 3 is 3.14 bits per heavy atom. The predicted octanol–water partition coefficient (Wildman–Crippen LogP) is -1.05. The quantitative estimate of drug-likeness (QED) is 0.662. The van der Waals surface area contributed by atoms with Crippen molar-refractivity contribution in [2.45, 2.75) is 37.6 Å². The van der Waals surface area contributed by atoms with E-state index in [4.69, 9.17) is 0 Å². The number of rotatable bonds is 3. The molecule has 0 aliphatic carbocycles. The van der Waals surface area contributed by atoms with Crippen LogP contribution in [-0.4, -0.2) is 76.2 Å². The minimum Gasteiger partial charge on any atom is -0.391 e. The highest BCUT2D eigenvalue weighted by molar-refractivity contribution is 5.83. The Labute approximate surface area is 124 Å². The zero-order valence-electron chi connectivity index (χ0n) is 12.5. The predicted molar refractivity (Wildman–Crippen MR) is 77.6 cm³/mol. The van der Waals surface area contributed by atoms with Crippen molar-refractivity contribution in [3.8, 4) is 0 Å². The van der Waals surface area contributed by atoms with E-state index in [9.17, 15) is 9.90 Å². The monoisotopic (exact) mass is 293 g/mol. The van der Waals surface area contributed by atoms with E-state index in [0.29, 0.717) is 25.9 Å². The molecule has 21 heavy (non-hydrogen) atoms. The number of aromatic nitrogens is 2. The molecule has 0 saturated carbocycles. The number of nitrogens with one attached hydrogen (secondary N) is 2. The molecule has 1 aromatic rings. The van der Waals surface area contributed by atoms with E-state index in [0.717, 1.165) is 17.9 Å². The molecule has 3 heterocycles. The molecular weight excluding hydrogens is 270 g/mol. The molecule has 0 bridgehead atoms. The van der Waals surface area contributed by atoms with Crippen LogP contribution in [0.3, 0.4) is 0 Å². The van der Waals surface area contributed by atoms with Crippen molar-refractivity contribution in [2.75, 3.05) is 27.2 Å². The second-order valence-electron chi connectivity index (χ2n) is 6.26. The van der Waals surface area contributed by atoms with Crippen molar-refractivity contribution in [2.24, 2.45) is 0 Å². The number of carbonyl (C=O) groups excluding carboxylic acids is 1. The van der Waals surface area contributed by atoms with Crippen LogP contribution in [-0.2, 0) is 17.8 Å². The van der Waals surface area contributed by atoms with Crippen molar-refractivity contribution in [3.05, 3.63) is 17.7 Å². The van der Waals surface area contributed by atoms with E-state index in [2.05, 4.69) is 20.2 Å². The Kier molecular flexibility index (Phi) is 3.97. The maximum atomic E-state index is 12.8. The number of imidazole rings is 1. The topological polar surface area (TPSA) is 84.5 Å². The molecule has 0 aromatic carbocycles. The molecule has 3 atom stereocenters. The fraction of sp³-hybridized carbons (Fsp3) is 0.714. The van der Waals surface area contributed by atoms with Gasteiger partial charge in [0, 0.05) is 32.1 Å². The molecule has 7 nitrogen and oxygen atoms in total. The molecule has 1 saturated heterocycles. The normalized spacial score (nSPS) is 29.0. The number of carbonyl (C=O) groups is 1. The number of likely N-dealkylation sites (tertiary alicyclic amines) is 1. The molecule has 0 radical (unpaired) electrons. The number of nitrogens with zero attached hydrogens (tertiary/aromatic N) is 3. The molecule has 3 rings (SSSR count). The first-order valence-corrected chi connectivity index (χ1v) is 7.42. The average Bonchev–Trinajstić information content (AvgIpc) is 3.02. The van der Waals surface area contributed by atoms with Gasteiger partial charge in [-0.15, -0.1) is 0 Å². The number of amides is 1. The Morgan fingerprint density at radius 2 is 2.38 bits per heavy atom.